The molecule has 0 rings (SSSR count). The fraction of sp³-hybridized carbons (Fsp3) is 0.980. The number of hydrogen-bond acceptors (Lipinski definition) is 7. The Morgan fingerprint density at radius 2 is 0.390 bits per heavy atom. The van der Waals surface area contributed by atoms with Gasteiger partial charge >= 0.3 is 228 Å². The highest BCUT2D eigenvalue weighted by Crippen LogP contribution is 2.72. The first-order chi connectivity index (χ1) is 61.1. The Labute approximate surface area is 805 Å². The van der Waals surface area contributed by atoms with Crippen molar-refractivity contribution in [2.24, 2.45) is 0 Å². The highest BCUT2D eigenvalue weighted by molar-refractivity contribution is 8.26. The predicted octanol–water partition coefficient (Wildman–Crippen LogP) is 32.8. The fourth-order valence-corrected chi connectivity index (χ4v) is 7.64. The van der Waals surface area contributed by atoms with E-state index in [1.165, 1.54) is 0 Å². The lowest BCUT2D eigenvalue weighted by Crippen LogP contribution is -2.77. The van der Waals surface area contributed by atoms with Crippen molar-refractivity contribution >= 4 is 153 Å². The van der Waals surface area contributed by atoms with Crippen LogP contribution in [0.3, 0.4) is 0 Å². The third kappa shape index (κ3) is 27.0. The number of aliphatic hydroxyl groups excluding tert-OH is 1. The molecule has 0 aromatic carbocycles. The maximum absolute atomic E-state index is 13.5. The molecule has 0 aliphatic rings. The number of carbonyl (C=O) groups excluding carboxylic acids is 1. The number of carbonyl (C=O) groups is 1. The van der Waals surface area contributed by atoms with Crippen molar-refractivity contribution in [3.63, 3.8) is 0 Å². The lowest BCUT2D eigenvalue weighted by molar-refractivity contribution is -0.490. The Hall–Kier alpha value is -2.45. The second-order valence-electron chi connectivity index (χ2n) is 25.2. The molecule has 3 atom stereocenters. The monoisotopic (exact) mass is 2630 g/mol. The van der Waals surface area contributed by atoms with Gasteiger partial charge in [-0.15, -0.1) is 0 Å². The zero-order chi connectivity index (χ0) is 121. The zero-order valence-electron chi connectivity index (χ0n) is 62.3. The lowest BCUT2D eigenvalue weighted by Gasteiger charge is -2.44. The number of hydrogen-bond donors (Lipinski definition) is 1. The van der Waals surface area contributed by atoms with Gasteiger partial charge in [0.2, 0.25) is 15.5 Å². The Morgan fingerprint density at radius 3 is 0.541 bits per heavy atom. The molecule has 0 bridgehead atoms. The third-order valence-electron chi connectivity index (χ3n) is 15.2. The quantitative estimate of drug-likeness (QED) is 0.0214. The summed E-state index contributed by atoms with van der Waals surface area (Å²) in [6.07, 6.45) is -51.9. The normalized spacial score (nSPS) is 16.9. The molecule has 1 N–H and O–H groups in total. The average Bonchev–Trinajstić information content (AvgIpc) is 0.689. The second kappa shape index (κ2) is 44.4. The molecule has 0 aliphatic heterocycles. The van der Waals surface area contributed by atoms with Gasteiger partial charge in [-0.3, -0.25) is 4.74 Å². The van der Waals surface area contributed by atoms with Crippen molar-refractivity contribution in [2.45, 2.75) is 265 Å². The largest absolute Gasteiger partial charge is 0.461 e. The molecule has 0 aromatic rings. The topological polar surface area (TPSA) is 91.3 Å². The summed E-state index contributed by atoms with van der Waals surface area (Å²) < 4.78 is 1010. The number of rotatable bonds is 43. The van der Waals surface area contributed by atoms with Crippen molar-refractivity contribution in [2.75, 3.05) is 19.8 Å². The predicted molar refractivity (Wildman–Crippen MR) is 325 cm³/mol. The summed E-state index contributed by atoms with van der Waals surface area (Å²) in [7, 11) is 7.36. The maximum atomic E-state index is 13.5. The first-order valence-corrected chi connectivity index (χ1v) is 37.1. The number of alkyl halides is 87. The van der Waals surface area contributed by atoms with E-state index >= 15 is 0 Å². The van der Waals surface area contributed by atoms with E-state index in [9.17, 15) is 343 Å². The van der Waals surface area contributed by atoms with Gasteiger partial charge in [0.25, 0.3) is 4.59 Å². The van der Waals surface area contributed by atoms with E-state index in [-0.39, 0.29) is 7.43 Å². The molecule has 97 heteroatoms. The highest BCUT2D eigenvalue weighted by atomic mass is 36.0. The Morgan fingerprint density at radius 1 is 0.240 bits per heavy atom. The lowest BCUT2D eigenvalue weighted by atomic mass is 9.87. The molecule has 3 unspecified atom stereocenters. The van der Waals surface area contributed by atoms with Crippen molar-refractivity contribution in [3.05, 3.63) is 0 Å². The molecule has 0 aliphatic carbocycles. The molecule has 0 aromatic heterocycles. The summed E-state index contributed by atoms with van der Waals surface area (Å²) in [6.45, 7) is -6.75. The molecule has 0 spiro atoms. The third-order valence-corrected chi connectivity index (χ3v) is 18.0. The maximum Gasteiger partial charge on any atom is 0.460 e. The average molecular weight is 2640 g/mol. The standard InChI is InChI=1S/C12Cl3F23O.C12H5Cl3F18O.C12H6Cl2F18O2.C12H4Cl2F18O2.CH4.Cl2OS/c13-9(14,32)10(15,33)39-12(37,38)8(30,31)6(26,27)4(22,23)2(18,19)1(16,17)3(20,21)5(24,25)7(28,29)11(34,35)36;13-3(5(14,15)18)34-2-1-4(16,17)6(19,20)7(21,22)8(23,24)9(25,26)10(27,28)11(29,30)12(31,32)33;2*13-5(14,17)3(33)34-2-1-4(15,16)6(18,19)7(20,21)8(22,23)9(24,25)10(26,27)11(28,29)12(30,31)32;;1-4(2)3/h;3H,1-2H2;3,33H,1-2H2;1-2H2;1H4;. The van der Waals surface area contributed by atoms with Crippen molar-refractivity contribution < 1.29 is 371 Å². The molecule has 0 heterocycles. The van der Waals surface area contributed by atoms with E-state index in [1.54, 1.807) is 4.74 Å². The van der Waals surface area contributed by atoms with Crippen LogP contribution < -0.4 is 0 Å². The van der Waals surface area contributed by atoms with Crippen LogP contribution in [0.25, 0.3) is 0 Å². The highest BCUT2D eigenvalue weighted by Gasteiger charge is 3.02. The van der Waals surface area contributed by atoms with Gasteiger partial charge in [-0.2, -0.15) is 329 Å². The minimum Gasteiger partial charge on any atom is -0.461 e. The van der Waals surface area contributed by atoms with Crippen LogP contribution in [0.15, 0.2) is 0 Å². The second-order valence-corrected chi connectivity index (χ2v) is 33.7. The molecule has 7 nitrogen and oxygen atoms in total. The summed E-state index contributed by atoms with van der Waals surface area (Å²) in [5.74, 6) is -248. The molecular weight excluding hydrogens is 2620 g/mol. The summed E-state index contributed by atoms with van der Waals surface area (Å²) in [5, 5.41) is 2.73. The van der Waals surface area contributed by atoms with Gasteiger partial charge in [-0.05, 0) is 11.6 Å². The number of esters is 1. The number of ether oxygens (including phenoxy) is 4. The Bertz CT molecular complexity index is 4110. The summed E-state index contributed by atoms with van der Waals surface area (Å²) in [5.41, 5.74) is -2.73. The molecule has 0 fully saturated rings. The van der Waals surface area contributed by atoms with Crippen molar-refractivity contribution in [3.8, 4) is 0 Å². The van der Waals surface area contributed by atoms with Gasteiger partial charge in [-0.1, -0.05) is 112 Å². The molecule has 0 saturated carbocycles. The van der Waals surface area contributed by atoms with Gasteiger partial charge in [0.05, 0.1) is 26.2 Å². The minimum absolute atomic E-state index is 0. The van der Waals surface area contributed by atoms with Crippen molar-refractivity contribution in [1.82, 2.24) is 0 Å². The molecule has 0 saturated heterocycles. The first kappa shape index (κ1) is 154. The van der Waals surface area contributed by atoms with Gasteiger partial charge in [0.1, 0.15) is 0 Å². The van der Waals surface area contributed by atoms with Crippen molar-refractivity contribution in [1.29, 1.82) is 0 Å². The van der Waals surface area contributed by atoms with Crippen LogP contribution in [0, 0.1) is 0 Å². The van der Waals surface area contributed by atoms with E-state index in [0.29, 0.717) is 0 Å². The van der Waals surface area contributed by atoms with E-state index in [2.05, 4.69) is 140 Å². The van der Waals surface area contributed by atoms with E-state index in [1.807, 2.05) is 0 Å². The minimum atomic E-state index is -9.42. The number of aliphatic hydroxyl groups is 1. The fourth-order valence-electron chi connectivity index (χ4n) is 7.02. The summed E-state index contributed by atoms with van der Waals surface area (Å²) >= 11 is 43.8. The molecule has 0 radical (unpaired) electrons. The zero-order valence-corrected chi connectivity index (χ0v) is 72.2. The van der Waals surface area contributed by atoms with E-state index < -0.39 is 292 Å². The van der Waals surface area contributed by atoms with E-state index in [0.717, 1.165) is 0 Å². The Balaban J connectivity index is -0.000000441. The Kier molecular flexibility index (Phi) is 46.9. The van der Waals surface area contributed by atoms with Crippen LogP contribution in [-0.4, -0.2) is 273 Å². The van der Waals surface area contributed by atoms with Gasteiger partial charge in [0.15, 0.2) is 5.56 Å². The van der Waals surface area contributed by atoms with E-state index in [4.69, 9.17) is 20.9 Å². The van der Waals surface area contributed by atoms with Gasteiger partial charge in [-0.25, -0.2) is 17.8 Å². The van der Waals surface area contributed by atoms with Crippen LogP contribution in [-0.2, 0) is 33.0 Å². The SMILES string of the molecule is C.FC(Cl)(Cl)C(Cl)OCCC(F)(F)C(F)(F)C(F)(F)C(F)(F)C(F)(F)C(F)(F)C(F)(F)C(F)(F)F.FC(F)(F)C(F)(F)C(F)(F)C(F)(F)C(F)(F)C(F)(F)C(F)(F)C(F)(F)C(F)(F)C(F)(F)OC(F)(Cl)C(F)(Cl)Cl.O=C(OCCC(F)(F)C(F)(F)C(F)(F)C(F)(F)C(F)(F)C(F)(F)C(F)(F)C(F)(F)F)C(F)(Cl)Cl.O=S(Cl)Cl.OC(OCCC(F)(F)C(F)(F)C(F)(F)C(F)(F)C(F)(F)C(F)(F)C(F)(F)C(F)(F)F)C(F)(Cl)Cl. The van der Waals surface area contributed by atoms with Crippen LogP contribution in [0.4, 0.5) is 338 Å². The molecule has 146 heavy (non-hydrogen) atoms. The number of halogens is 89. The van der Waals surface area contributed by atoms with Gasteiger partial charge < -0.3 is 19.3 Å². The first-order valence-electron chi connectivity index (χ1n) is 30.5. The van der Waals surface area contributed by atoms with Crippen LogP contribution in [0.5, 0.6) is 0 Å². The van der Waals surface area contributed by atoms with Crippen LogP contribution in [0.1, 0.15) is 26.7 Å². The summed E-state index contributed by atoms with van der Waals surface area (Å²) in [6, 6.07) is 0. The summed E-state index contributed by atoms with van der Waals surface area (Å²) in [4.78, 5) is 10.7. The van der Waals surface area contributed by atoms with Crippen LogP contribution >= 0.6 is 137 Å². The molecular formula is C49H19Cl12F77O7S. The molecule has 0 amide bonds. The van der Waals surface area contributed by atoms with Crippen LogP contribution in [0.2, 0.25) is 0 Å². The van der Waals surface area contributed by atoms with Gasteiger partial charge in [0, 0.05) is 34.2 Å². The smallest absolute Gasteiger partial charge is 0.460 e. The molecule has 886 valence electrons.